The van der Waals surface area contributed by atoms with E-state index >= 15 is 0 Å². The molecule has 2 aliphatic heterocycles. The van der Waals surface area contributed by atoms with Crippen molar-refractivity contribution in [2.45, 2.75) is 58.0 Å². The first-order valence-corrected chi connectivity index (χ1v) is 7.13. The topological polar surface area (TPSA) is 27.7 Å². The summed E-state index contributed by atoms with van der Waals surface area (Å²) in [6.45, 7) is 6.36. The van der Waals surface area contributed by atoms with Crippen LogP contribution in [0.1, 0.15) is 33.6 Å². The number of hydrogen-bond donors (Lipinski definition) is 0. The fourth-order valence-electron chi connectivity index (χ4n) is 2.13. The zero-order chi connectivity index (χ0) is 9.47. The molecule has 76 valence electrons. The zero-order valence-electron chi connectivity index (χ0n) is 8.58. The maximum Gasteiger partial charge on any atom is 0.502 e. The van der Waals surface area contributed by atoms with Gasteiger partial charge in [0, 0.05) is 6.04 Å². The van der Waals surface area contributed by atoms with Gasteiger partial charge in [-0.05, 0) is 20.3 Å². The van der Waals surface area contributed by atoms with E-state index in [0.29, 0.717) is 0 Å². The molecular weight excluding hydrogens is 184 g/mol. The molecule has 4 atom stereocenters. The SMILES string of the molecule is CCCC[Si]12O[C@@H]([C@H](C)O1)[C@@H](C)O2. The monoisotopic (exact) mass is 202 g/mol. The Morgan fingerprint density at radius 2 is 1.69 bits per heavy atom. The third kappa shape index (κ3) is 1.56. The first kappa shape index (κ1) is 9.64. The number of unbranched alkanes of at least 4 members (excludes halogenated alkanes) is 1. The molecule has 3 nitrogen and oxygen atoms in total. The van der Waals surface area contributed by atoms with Crippen LogP contribution in [-0.4, -0.2) is 27.1 Å². The summed E-state index contributed by atoms with van der Waals surface area (Å²) in [6.07, 6.45) is 3.01. The van der Waals surface area contributed by atoms with Gasteiger partial charge in [-0.2, -0.15) is 0 Å². The molecule has 2 saturated heterocycles. The van der Waals surface area contributed by atoms with Gasteiger partial charge in [0.1, 0.15) is 0 Å². The van der Waals surface area contributed by atoms with Crippen LogP contribution in [0.5, 0.6) is 0 Å². The standard InChI is InChI=1S/C9H18O3Si/c1-4-5-6-13-10-7(2)9(12-13)8(3)11-13/h7-9H,4-6H2,1-3H3/t7-,8+,9-,13?. The van der Waals surface area contributed by atoms with E-state index in [9.17, 15) is 0 Å². The predicted molar refractivity (Wildman–Crippen MR) is 51.4 cm³/mol. The highest BCUT2D eigenvalue weighted by Crippen LogP contribution is 2.40. The van der Waals surface area contributed by atoms with Gasteiger partial charge in [-0.1, -0.05) is 13.3 Å². The molecule has 0 saturated carbocycles. The normalized spacial score (nSPS) is 48.7. The summed E-state index contributed by atoms with van der Waals surface area (Å²) in [5.41, 5.74) is 0. The molecule has 0 radical (unpaired) electrons. The van der Waals surface area contributed by atoms with Crippen LogP contribution in [0.2, 0.25) is 6.04 Å². The maximum absolute atomic E-state index is 5.88. The Hall–Kier alpha value is 0.0969. The molecule has 0 N–H and O–H groups in total. The first-order valence-electron chi connectivity index (χ1n) is 5.20. The average Bonchev–Trinajstić information content (AvgIpc) is 2.55. The summed E-state index contributed by atoms with van der Waals surface area (Å²) in [4.78, 5) is 0. The maximum atomic E-state index is 5.88. The highest BCUT2D eigenvalue weighted by atomic mass is 28.4. The van der Waals surface area contributed by atoms with Crippen molar-refractivity contribution >= 4 is 8.80 Å². The molecule has 2 fully saturated rings. The van der Waals surface area contributed by atoms with Crippen molar-refractivity contribution in [2.75, 3.05) is 0 Å². The molecule has 2 bridgehead atoms. The van der Waals surface area contributed by atoms with Crippen LogP contribution in [0.3, 0.4) is 0 Å². The van der Waals surface area contributed by atoms with Crippen LogP contribution in [0.15, 0.2) is 0 Å². The van der Waals surface area contributed by atoms with Gasteiger partial charge in [0.05, 0.1) is 18.3 Å². The minimum absolute atomic E-state index is 0.198. The summed E-state index contributed by atoms with van der Waals surface area (Å²) < 4.78 is 17.5. The van der Waals surface area contributed by atoms with Gasteiger partial charge in [0.25, 0.3) is 0 Å². The molecule has 0 aromatic rings. The smallest absolute Gasteiger partial charge is 0.368 e. The van der Waals surface area contributed by atoms with Gasteiger partial charge in [0.2, 0.25) is 0 Å². The number of rotatable bonds is 3. The van der Waals surface area contributed by atoms with Gasteiger partial charge in [-0.25, -0.2) is 0 Å². The lowest BCUT2D eigenvalue weighted by Gasteiger charge is -2.26. The Morgan fingerprint density at radius 3 is 2.15 bits per heavy atom. The lowest BCUT2D eigenvalue weighted by molar-refractivity contribution is 0.0405. The molecule has 2 rings (SSSR count). The summed E-state index contributed by atoms with van der Waals surface area (Å²) in [7, 11) is -2.18. The van der Waals surface area contributed by atoms with Crippen molar-refractivity contribution in [3.05, 3.63) is 0 Å². The van der Waals surface area contributed by atoms with E-state index in [0.717, 1.165) is 12.5 Å². The van der Waals surface area contributed by atoms with E-state index in [1.54, 1.807) is 0 Å². The molecular formula is C9H18O3Si. The molecule has 0 amide bonds. The van der Waals surface area contributed by atoms with Crippen molar-refractivity contribution in [3.63, 3.8) is 0 Å². The quantitative estimate of drug-likeness (QED) is 0.655. The molecule has 2 heterocycles. The largest absolute Gasteiger partial charge is 0.502 e. The third-order valence-corrected chi connectivity index (χ3v) is 5.87. The number of fused-ring (bicyclic) bond motifs is 2. The minimum atomic E-state index is -2.18. The second-order valence-electron chi connectivity index (χ2n) is 4.01. The first-order chi connectivity index (χ1) is 6.17. The van der Waals surface area contributed by atoms with Crippen LogP contribution in [0.4, 0.5) is 0 Å². The fraction of sp³-hybridized carbons (Fsp3) is 1.00. The molecule has 2 aliphatic rings. The van der Waals surface area contributed by atoms with Gasteiger partial charge in [-0.15, -0.1) is 0 Å². The van der Waals surface area contributed by atoms with Crippen molar-refractivity contribution in [1.82, 2.24) is 0 Å². The Morgan fingerprint density at radius 1 is 1.08 bits per heavy atom. The highest BCUT2D eigenvalue weighted by molar-refractivity contribution is 6.62. The van der Waals surface area contributed by atoms with Crippen LogP contribution in [0.25, 0.3) is 0 Å². The molecule has 0 aromatic heterocycles. The Labute approximate surface area is 80.7 Å². The van der Waals surface area contributed by atoms with Gasteiger partial charge in [0.15, 0.2) is 0 Å². The number of hydrogen-bond acceptors (Lipinski definition) is 3. The lowest BCUT2D eigenvalue weighted by atomic mass is 10.1. The predicted octanol–water partition coefficient (Wildman–Crippen LogP) is 1.95. The van der Waals surface area contributed by atoms with E-state index in [-0.39, 0.29) is 18.3 Å². The van der Waals surface area contributed by atoms with Crippen molar-refractivity contribution in [2.24, 2.45) is 0 Å². The van der Waals surface area contributed by atoms with E-state index in [1.807, 2.05) is 0 Å². The van der Waals surface area contributed by atoms with E-state index in [1.165, 1.54) is 6.42 Å². The van der Waals surface area contributed by atoms with E-state index < -0.39 is 8.80 Å². The Kier molecular flexibility index (Phi) is 2.48. The molecule has 0 aromatic carbocycles. The van der Waals surface area contributed by atoms with E-state index in [4.69, 9.17) is 13.3 Å². The Balaban J connectivity index is 2.00. The fourth-order valence-corrected chi connectivity index (χ4v) is 5.64. The summed E-state index contributed by atoms with van der Waals surface area (Å²) in [5, 5.41) is 0. The van der Waals surface area contributed by atoms with Crippen LogP contribution in [0, 0.1) is 0 Å². The minimum Gasteiger partial charge on any atom is -0.368 e. The molecule has 1 unspecified atom stereocenters. The molecule has 0 spiro atoms. The van der Waals surface area contributed by atoms with Crippen molar-refractivity contribution in [1.29, 1.82) is 0 Å². The summed E-state index contributed by atoms with van der Waals surface area (Å²) >= 11 is 0. The Bertz CT molecular complexity index is 185. The molecule has 4 heteroatoms. The molecule has 13 heavy (non-hydrogen) atoms. The highest BCUT2D eigenvalue weighted by Gasteiger charge is 2.60. The van der Waals surface area contributed by atoms with Gasteiger partial charge < -0.3 is 13.3 Å². The lowest BCUT2D eigenvalue weighted by Crippen LogP contribution is -2.43. The van der Waals surface area contributed by atoms with E-state index in [2.05, 4.69) is 20.8 Å². The van der Waals surface area contributed by atoms with Gasteiger partial charge in [-0.3, -0.25) is 0 Å². The summed E-state index contributed by atoms with van der Waals surface area (Å²) in [5.74, 6) is 0. The van der Waals surface area contributed by atoms with Crippen molar-refractivity contribution < 1.29 is 13.3 Å². The van der Waals surface area contributed by atoms with Crippen LogP contribution < -0.4 is 0 Å². The van der Waals surface area contributed by atoms with Crippen LogP contribution in [-0.2, 0) is 13.3 Å². The zero-order valence-corrected chi connectivity index (χ0v) is 9.58. The van der Waals surface area contributed by atoms with Gasteiger partial charge >= 0.3 is 8.80 Å². The third-order valence-electron chi connectivity index (χ3n) is 2.81. The molecule has 0 aliphatic carbocycles. The average molecular weight is 202 g/mol. The summed E-state index contributed by atoms with van der Waals surface area (Å²) in [6, 6.07) is 0.995. The van der Waals surface area contributed by atoms with Crippen LogP contribution >= 0.6 is 0 Å². The second-order valence-corrected chi connectivity index (χ2v) is 6.59. The second kappa shape index (κ2) is 3.35. The van der Waals surface area contributed by atoms with Crippen molar-refractivity contribution in [3.8, 4) is 0 Å².